The first-order valence-corrected chi connectivity index (χ1v) is 16.5. The average molecular weight is 627 g/mol. The summed E-state index contributed by atoms with van der Waals surface area (Å²) < 4.78 is 6.29. The van der Waals surface area contributed by atoms with Crippen LogP contribution in [-0.4, -0.2) is 9.97 Å². The molecule has 0 aliphatic heterocycles. The number of para-hydroxylation sites is 1. The summed E-state index contributed by atoms with van der Waals surface area (Å²) in [6, 6.07) is 63.7. The predicted octanol–water partition coefficient (Wildman–Crippen LogP) is 12.4. The average Bonchev–Trinajstić information content (AvgIpc) is 3.57. The molecule has 9 rings (SSSR count). The molecule has 0 unspecified atom stereocenters. The molecular formula is C46H30N2O. The molecule has 9 aromatic rings. The Bertz CT molecular complexity index is 2530. The minimum atomic E-state index is 0.588. The molecule has 0 atom stereocenters. The predicted molar refractivity (Wildman–Crippen MR) is 202 cm³/mol. The van der Waals surface area contributed by atoms with E-state index in [1.54, 1.807) is 0 Å². The second-order valence-electron chi connectivity index (χ2n) is 12.2. The van der Waals surface area contributed by atoms with Crippen molar-refractivity contribution in [3.05, 3.63) is 182 Å². The lowest BCUT2D eigenvalue weighted by atomic mass is 9.92. The standard InChI is InChI=1S/C46H30N2O/c1-4-14-31(15-5-1)38-28-39(32-16-6-2-7-17-32)30-40(29-38)36-22-12-20-34(26-36)35-21-13-23-37(27-35)44-43-41-24-10-11-25-42(41)49-46(43)48-45(47-44)33-18-8-3-9-19-33/h1-30H. The van der Waals surface area contributed by atoms with E-state index in [1.165, 1.54) is 27.8 Å². The molecule has 49 heavy (non-hydrogen) atoms. The van der Waals surface area contributed by atoms with Crippen LogP contribution in [0.1, 0.15) is 0 Å². The van der Waals surface area contributed by atoms with Crippen LogP contribution in [0.2, 0.25) is 0 Å². The minimum Gasteiger partial charge on any atom is -0.438 e. The molecule has 7 aromatic carbocycles. The van der Waals surface area contributed by atoms with Gasteiger partial charge in [-0.2, -0.15) is 4.98 Å². The Morgan fingerprint density at radius 1 is 0.327 bits per heavy atom. The summed E-state index contributed by atoms with van der Waals surface area (Å²) in [6.45, 7) is 0. The highest BCUT2D eigenvalue weighted by atomic mass is 16.3. The lowest BCUT2D eigenvalue weighted by molar-refractivity contribution is 0.653. The van der Waals surface area contributed by atoms with E-state index in [1.807, 2.05) is 48.5 Å². The molecule has 0 fully saturated rings. The Morgan fingerprint density at radius 3 is 1.37 bits per heavy atom. The van der Waals surface area contributed by atoms with E-state index in [-0.39, 0.29) is 0 Å². The highest BCUT2D eigenvalue weighted by molar-refractivity contribution is 6.10. The Kier molecular flexibility index (Phi) is 7.14. The maximum atomic E-state index is 6.29. The highest BCUT2D eigenvalue weighted by Gasteiger charge is 2.18. The van der Waals surface area contributed by atoms with Gasteiger partial charge in [-0.3, -0.25) is 0 Å². The summed E-state index contributed by atoms with van der Waals surface area (Å²) >= 11 is 0. The summed E-state index contributed by atoms with van der Waals surface area (Å²) in [4.78, 5) is 10.0. The lowest BCUT2D eigenvalue weighted by Gasteiger charge is -2.13. The van der Waals surface area contributed by atoms with Crippen LogP contribution in [0.5, 0.6) is 0 Å². The van der Waals surface area contributed by atoms with E-state index in [0.29, 0.717) is 11.5 Å². The van der Waals surface area contributed by atoms with Crippen molar-refractivity contribution in [3.63, 3.8) is 0 Å². The molecule has 0 radical (unpaired) electrons. The highest BCUT2D eigenvalue weighted by Crippen LogP contribution is 2.39. The van der Waals surface area contributed by atoms with Crippen LogP contribution < -0.4 is 0 Å². The summed E-state index contributed by atoms with van der Waals surface area (Å²) in [5.41, 5.74) is 13.6. The number of benzene rings is 7. The quantitative estimate of drug-likeness (QED) is 0.184. The van der Waals surface area contributed by atoms with Crippen LogP contribution in [0.15, 0.2) is 186 Å². The second-order valence-corrected chi connectivity index (χ2v) is 12.2. The number of rotatable bonds is 6. The van der Waals surface area contributed by atoms with Crippen molar-refractivity contribution in [1.29, 1.82) is 0 Å². The summed E-state index contributed by atoms with van der Waals surface area (Å²) in [7, 11) is 0. The van der Waals surface area contributed by atoms with Gasteiger partial charge in [0.2, 0.25) is 5.71 Å². The van der Waals surface area contributed by atoms with Crippen molar-refractivity contribution in [2.45, 2.75) is 0 Å². The molecule has 0 aliphatic rings. The molecule has 2 heterocycles. The van der Waals surface area contributed by atoms with Crippen molar-refractivity contribution >= 4 is 22.1 Å². The summed E-state index contributed by atoms with van der Waals surface area (Å²) in [5, 5.41) is 1.93. The molecule has 0 aliphatic carbocycles. The molecule has 3 nitrogen and oxygen atoms in total. The fraction of sp³-hybridized carbons (Fsp3) is 0. The number of furan rings is 1. The topological polar surface area (TPSA) is 38.9 Å². The van der Waals surface area contributed by atoms with Gasteiger partial charge in [0, 0.05) is 16.5 Å². The van der Waals surface area contributed by atoms with Gasteiger partial charge in [0.05, 0.1) is 11.1 Å². The van der Waals surface area contributed by atoms with Gasteiger partial charge in [-0.15, -0.1) is 0 Å². The van der Waals surface area contributed by atoms with E-state index >= 15 is 0 Å². The number of nitrogens with zero attached hydrogens (tertiary/aromatic N) is 2. The van der Waals surface area contributed by atoms with Crippen LogP contribution >= 0.6 is 0 Å². The van der Waals surface area contributed by atoms with Gasteiger partial charge in [0.25, 0.3) is 0 Å². The first-order valence-electron chi connectivity index (χ1n) is 16.5. The van der Waals surface area contributed by atoms with Crippen LogP contribution in [0.4, 0.5) is 0 Å². The Labute approximate surface area is 284 Å². The third-order valence-electron chi connectivity index (χ3n) is 9.08. The molecule has 2 aromatic heterocycles. The molecule has 0 saturated heterocycles. The molecule has 0 spiro atoms. The van der Waals surface area contributed by atoms with Gasteiger partial charge in [0.15, 0.2) is 5.82 Å². The summed E-state index contributed by atoms with van der Waals surface area (Å²) in [5.74, 6) is 0.641. The van der Waals surface area contributed by atoms with Crippen molar-refractivity contribution < 1.29 is 4.42 Å². The zero-order valence-corrected chi connectivity index (χ0v) is 26.6. The van der Waals surface area contributed by atoms with Crippen molar-refractivity contribution in [3.8, 4) is 67.2 Å². The lowest BCUT2D eigenvalue weighted by Crippen LogP contribution is -1.94. The van der Waals surface area contributed by atoms with Crippen LogP contribution in [0.3, 0.4) is 0 Å². The Hall–Kier alpha value is -6.58. The largest absolute Gasteiger partial charge is 0.438 e. The smallest absolute Gasteiger partial charge is 0.231 e. The third kappa shape index (κ3) is 5.48. The molecular weight excluding hydrogens is 597 g/mol. The van der Waals surface area contributed by atoms with E-state index < -0.39 is 0 Å². The van der Waals surface area contributed by atoms with Gasteiger partial charge in [-0.05, 0) is 80.9 Å². The number of aromatic nitrogens is 2. The van der Waals surface area contributed by atoms with E-state index in [9.17, 15) is 0 Å². The van der Waals surface area contributed by atoms with E-state index in [2.05, 4.69) is 133 Å². The van der Waals surface area contributed by atoms with Crippen LogP contribution in [-0.2, 0) is 0 Å². The Balaban J connectivity index is 1.17. The maximum absolute atomic E-state index is 6.29. The fourth-order valence-corrected chi connectivity index (χ4v) is 6.66. The molecule has 0 amide bonds. The van der Waals surface area contributed by atoms with Crippen LogP contribution in [0, 0.1) is 0 Å². The third-order valence-corrected chi connectivity index (χ3v) is 9.08. The van der Waals surface area contributed by atoms with Crippen molar-refractivity contribution in [2.24, 2.45) is 0 Å². The van der Waals surface area contributed by atoms with Crippen LogP contribution in [0.25, 0.3) is 89.2 Å². The fourth-order valence-electron chi connectivity index (χ4n) is 6.66. The zero-order valence-electron chi connectivity index (χ0n) is 26.6. The minimum absolute atomic E-state index is 0.588. The first kappa shape index (κ1) is 28.6. The first-order chi connectivity index (χ1) is 24.3. The molecule has 3 heteroatoms. The number of fused-ring (bicyclic) bond motifs is 3. The molecule has 0 bridgehead atoms. The van der Waals surface area contributed by atoms with Crippen molar-refractivity contribution in [1.82, 2.24) is 9.97 Å². The van der Waals surface area contributed by atoms with Gasteiger partial charge < -0.3 is 4.42 Å². The molecule has 230 valence electrons. The van der Waals surface area contributed by atoms with Gasteiger partial charge in [0.1, 0.15) is 5.58 Å². The number of hydrogen-bond donors (Lipinski definition) is 0. The van der Waals surface area contributed by atoms with Gasteiger partial charge in [-0.1, -0.05) is 146 Å². The van der Waals surface area contributed by atoms with E-state index in [4.69, 9.17) is 14.4 Å². The van der Waals surface area contributed by atoms with Gasteiger partial charge in [-0.25, -0.2) is 4.98 Å². The van der Waals surface area contributed by atoms with E-state index in [0.717, 1.165) is 49.9 Å². The SMILES string of the molecule is c1ccc(-c2cc(-c3ccccc3)cc(-c3cccc(-c4cccc(-c5nc(-c6ccccc6)nc6oc7ccccc7c56)c4)c3)c2)cc1. The Morgan fingerprint density at radius 2 is 0.755 bits per heavy atom. The maximum Gasteiger partial charge on any atom is 0.231 e. The van der Waals surface area contributed by atoms with Crippen molar-refractivity contribution in [2.75, 3.05) is 0 Å². The monoisotopic (exact) mass is 626 g/mol. The second kappa shape index (κ2) is 12.2. The summed E-state index contributed by atoms with van der Waals surface area (Å²) in [6.07, 6.45) is 0. The molecule has 0 saturated carbocycles. The molecule has 0 N–H and O–H groups in total. The zero-order chi connectivity index (χ0) is 32.6. The number of hydrogen-bond acceptors (Lipinski definition) is 3. The van der Waals surface area contributed by atoms with Gasteiger partial charge >= 0.3 is 0 Å². The normalized spacial score (nSPS) is 11.3.